The van der Waals surface area contributed by atoms with Crippen molar-refractivity contribution in [2.75, 3.05) is 24.6 Å². The molecule has 2 aromatic heterocycles. The van der Waals surface area contributed by atoms with Crippen LogP contribution in [-0.2, 0) is 0 Å². The molecule has 2 rings (SSSR count). The topological polar surface area (TPSA) is 172 Å². The van der Waals surface area contributed by atoms with Gasteiger partial charge in [0.25, 0.3) is 0 Å². The number of amides is 2. The van der Waals surface area contributed by atoms with Gasteiger partial charge in [0.05, 0.1) is 0 Å². The van der Waals surface area contributed by atoms with Crippen LogP contribution in [0.1, 0.15) is 38.5 Å². The number of nitrogens with two attached hydrogens (primary N) is 2. The van der Waals surface area contributed by atoms with Gasteiger partial charge in [0.15, 0.2) is 0 Å². The Morgan fingerprint density at radius 1 is 0.769 bits per heavy atom. The largest absolute Gasteiger partial charge is 0.366 e. The van der Waals surface area contributed by atoms with Crippen LogP contribution >= 0.6 is 0 Å². The van der Waals surface area contributed by atoms with Gasteiger partial charge in [-0.05, 0) is 12.8 Å². The summed E-state index contributed by atoms with van der Waals surface area (Å²) < 4.78 is 2.16. The highest BCUT2D eigenvalue weighted by Crippen LogP contribution is 2.04. The minimum atomic E-state index is -0.334. The maximum absolute atomic E-state index is 11.7. The maximum Gasteiger partial charge on any atom is 0.343 e. The number of hydrogen-bond donors (Lipinski definition) is 4. The van der Waals surface area contributed by atoms with Crippen molar-refractivity contribution < 1.29 is 9.59 Å². The van der Waals surface area contributed by atoms with Crippen LogP contribution in [-0.4, -0.2) is 54.7 Å². The lowest BCUT2D eigenvalue weighted by Crippen LogP contribution is -2.29. The lowest BCUT2D eigenvalue weighted by molar-refractivity contribution is 0.238. The van der Waals surface area contributed by atoms with E-state index in [1.807, 2.05) is 0 Å². The number of anilines is 2. The van der Waals surface area contributed by atoms with Crippen molar-refractivity contribution >= 4 is 24.0 Å². The molecule has 0 bridgehead atoms. The van der Waals surface area contributed by atoms with E-state index in [0.717, 1.165) is 47.9 Å². The van der Waals surface area contributed by atoms with Crippen LogP contribution in [0.2, 0.25) is 0 Å². The molecule has 2 aromatic rings. The van der Waals surface area contributed by atoms with Crippen molar-refractivity contribution in [3.8, 4) is 0 Å². The average molecular weight is 364 g/mol. The number of nitrogen functional groups attached to an aromatic ring is 2. The summed E-state index contributed by atoms with van der Waals surface area (Å²) in [6.07, 6.45) is 8.51. The molecular formula is C14H24N10O2. The Hall–Kier alpha value is -3.18. The zero-order chi connectivity index (χ0) is 18.8. The van der Waals surface area contributed by atoms with Crippen LogP contribution in [0.3, 0.4) is 0 Å². The first-order valence-corrected chi connectivity index (χ1v) is 8.47. The van der Waals surface area contributed by atoms with Gasteiger partial charge in [-0.3, -0.25) is 0 Å². The molecule has 2 heterocycles. The zero-order valence-electron chi connectivity index (χ0n) is 14.5. The van der Waals surface area contributed by atoms with Gasteiger partial charge < -0.3 is 22.1 Å². The summed E-state index contributed by atoms with van der Waals surface area (Å²) in [5, 5.41) is 13.0. The maximum atomic E-state index is 11.7. The smallest absolute Gasteiger partial charge is 0.343 e. The molecular weight excluding hydrogens is 340 g/mol. The molecule has 0 aliphatic rings. The van der Waals surface area contributed by atoms with E-state index >= 15 is 0 Å². The summed E-state index contributed by atoms with van der Waals surface area (Å²) in [6, 6.07) is -0.668. The van der Waals surface area contributed by atoms with Crippen molar-refractivity contribution in [3.63, 3.8) is 0 Å². The highest BCUT2D eigenvalue weighted by molar-refractivity contribution is 5.75. The van der Waals surface area contributed by atoms with E-state index in [4.69, 9.17) is 11.5 Å². The lowest BCUT2D eigenvalue weighted by Gasteiger charge is -2.05. The minimum Gasteiger partial charge on any atom is -0.366 e. The summed E-state index contributed by atoms with van der Waals surface area (Å²) in [5.41, 5.74) is 10.7. The predicted molar refractivity (Wildman–Crippen MR) is 94.2 cm³/mol. The number of nitrogens with one attached hydrogen (secondary N) is 2. The Morgan fingerprint density at radius 3 is 1.50 bits per heavy atom. The molecule has 0 radical (unpaired) electrons. The molecule has 12 nitrogen and oxygen atoms in total. The van der Waals surface area contributed by atoms with Crippen LogP contribution in [0, 0.1) is 0 Å². The van der Waals surface area contributed by atoms with E-state index in [1.165, 1.54) is 12.7 Å². The fourth-order valence-corrected chi connectivity index (χ4v) is 2.26. The zero-order valence-corrected chi connectivity index (χ0v) is 14.5. The molecule has 0 aliphatic carbocycles. The van der Waals surface area contributed by atoms with Gasteiger partial charge in [-0.25, -0.2) is 19.6 Å². The molecule has 0 fully saturated rings. The van der Waals surface area contributed by atoms with Crippen LogP contribution in [0.4, 0.5) is 21.5 Å². The van der Waals surface area contributed by atoms with Gasteiger partial charge in [0.2, 0.25) is 11.9 Å². The highest BCUT2D eigenvalue weighted by Gasteiger charge is 2.06. The molecule has 0 saturated carbocycles. The summed E-state index contributed by atoms with van der Waals surface area (Å²) >= 11 is 0. The van der Waals surface area contributed by atoms with E-state index in [1.54, 1.807) is 0 Å². The number of unbranched alkanes of at least 4 members (excludes halogenated alkanes) is 5. The monoisotopic (exact) mass is 364 g/mol. The van der Waals surface area contributed by atoms with E-state index in [0.29, 0.717) is 13.1 Å². The van der Waals surface area contributed by atoms with Gasteiger partial charge >= 0.3 is 12.1 Å². The Kier molecular flexibility index (Phi) is 7.33. The average Bonchev–Trinajstić information content (AvgIpc) is 3.24. The first-order valence-electron chi connectivity index (χ1n) is 8.47. The second-order valence-corrected chi connectivity index (χ2v) is 5.68. The van der Waals surface area contributed by atoms with Crippen molar-refractivity contribution in [2.24, 2.45) is 0 Å². The second-order valence-electron chi connectivity index (χ2n) is 5.68. The van der Waals surface area contributed by atoms with Crippen molar-refractivity contribution in [1.82, 2.24) is 40.2 Å². The SMILES string of the molecule is Nc1ncn(C(=O)NCCCCCCCCNC(=O)n2cnc(N)n2)n1. The molecule has 26 heavy (non-hydrogen) atoms. The van der Waals surface area contributed by atoms with E-state index < -0.39 is 0 Å². The fourth-order valence-electron chi connectivity index (χ4n) is 2.26. The highest BCUT2D eigenvalue weighted by atomic mass is 16.2. The number of hydrogen-bond acceptors (Lipinski definition) is 8. The van der Waals surface area contributed by atoms with E-state index in [9.17, 15) is 9.59 Å². The summed E-state index contributed by atoms with van der Waals surface area (Å²) in [5.74, 6) is 0.142. The lowest BCUT2D eigenvalue weighted by atomic mass is 10.1. The number of rotatable bonds is 9. The number of nitrogens with zero attached hydrogens (tertiary/aromatic N) is 6. The van der Waals surface area contributed by atoms with Gasteiger partial charge in [-0.1, -0.05) is 25.7 Å². The third-order valence-electron chi connectivity index (χ3n) is 3.59. The van der Waals surface area contributed by atoms with Crippen LogP contribution in [0.25, 0.3) is 0 Å². The molecule has 12 heteroatoms. The first kappa shape index (κ1) is 19.1. The number of carbonyl (C=O) groups excluding carboxylic acids is 2. The number of aromatic nitrogens is 6. The molecule has 2 amide bonds. The molecule has 0 saturated heterocycles. The third-order valence-corrected chi connectivity index (χ3v) is 3.59. The molecule has 6 N–H and O–H groups in total. The van der Waals surface area contributed by atoms with Crippen LogP contribution < -0.4 is 22.1 Å². The summed E-state index contributed by atoms with van der Waals surface area (Å²) in [6.45, 7) is 1.16. The number of carbonyl (C=O) groups is 2. The normalized spacial score (nSPS) is 10.6. The van der Waals surface area contributed by atoms with Crippen LogP contribution in [0.5, 0.6) is 0 Å². The third kappa shape index (κ3) is 6.37. The standard InChI is InChI=1S/C14H24N10O2/c15-11-19-9-23(21-11)13(25)17-7-5-3-1-2-4-6-8-18-14(26)24-10-20-12(16)22-24/h9-10H,1-8H2,(H2,15,21)(H2,16,22)(H,17,25)(H,18,26). The minimum absolute atomic E-state index is 0.0711. The molecule has 0 aliphatic heterocycles. The van der Waals surface area contributed by atoms with E-state index in [2.05, 4.69) is 30.8 Å². The molecule has 0 unspecified atom stereocenters. The molecule has 0 atom stereocenters. The predicted octanol–water partition coefficient (Wildman–Crippen LogP) is 0.190. The summed E-state index contributed by atoms with van der Waals surface area (Å²) in [4.78, 5) is 30.7. The van der Waals surface area contributed by atoms with Gasteiger partial charge in [-0.2, -0.15) is 9.36 Å². The Labute approximate surface area is 150 Å². The van der Waals surface area contributed by atoms with E-state index in [-0.39, 0.29) is 24.0 Å². The molecule has 142 valence electrons. The second kappa shape index (κ2) is 9.96. The quantitative estimate of drug-likeness (QED) is 0.456. The molecule has 0 aromatic carbocycles. The summed E-state index contributed by atoms with van der Waals surface area (Å²) in [7, 11) is 0. The van der Waals surface area contributed by atoms with Crippen molar-refractivity contribution in [1.29, 1.82) is 0 Å². The first-order chi connectivity index (χ1) is 12.6. The van der Waals surface area contributed by atoms with Crippen LogP contribution in [0.15, 0.2) is 12.7 Å². The Balaban J connectivity index is 1.41. The van der Waals surface area contributed by atoms with Gasteiger partial charge in [-0.15, -0.1) is 10.2 Å². The van der Waals surface area contributed by atoms with Crippen molar-refractivity contribution in [2.45, 2.75) is 38.5 Å². The fraction of sp³-hybridized carbons (Fsp3) is 0.571. The molecule has 0 spiro atoms. The Morgan fingerprint density at radius 2 is 1.15 bits per heavy atom. The van der Waals surface area contributed by atoms with Gasteiger partial charge in [0.1, 0.15) is 12.7 Å². The van der Waals surface area contributed by atoms with Crippen molar-refractivity contribution in [3.05, 3.63) is 12.7 Å². The Bertz CT molecular complexity index is 650. The van der Waals surface area contributed by atoms with Gasteiger partial charge in [0, 0.05) is 13.1 Å².